The van der Waals surface area contributed by atoms with Crippen LogP contribution >= 0.6 is 0 Å². The zero-order valence-electron chi connectivity index (χ0n) is 25.7. The highest BCUT2D eigenvalue weighted by Gasteiger charge is 2.31. The van der Waals surface area contributed by atoms with Gasteiger partial charge < -0.3 is 20.4 Å². The number of alkyl halides is 3. The van der Waals surface area contributed by atoms with Gasteiger partial charge in [0.05, 0.1) is 11.4 Å². The molecule has 9 heteroatoms. The van der Waals surface area contributed by atoms with Crippen LogP contribution in [-0.2, 0) is 0 Å². The van der Waals surface area contributed by atoms with Crippen LogP contribution in [0.15, 0.2) is 78.6 Å². The fourth-order valence-electron chi connectivity index (χ4n) is 5.40. The molecule has 1 heterocycles. The molecule has 3 rings (SSSR count). The second kappa shape index (κ2) is 13.3. The number of benzene rings is 2. The van der Waals surface area contributed by atoms with Gasteiger partial charge in [-0.25, -0.2) is 0 Å². The SMILES string of the molecule is CC(C)N(c1ccc(N(c2ccc(N(C(C)C)C(C)C)cc2)c2ccnc(C(=N)C=C(N)C(F)(F)F)c2)cc1)C(C)C. The minimum atomic E-state index is -4.72. The highest BCUT2D eigenvalue weighted by atomic mass is 19.4. The summed E-state index contributed by atoms with van der Waals surface area (Å²) in [5.74, 6) is 0. The quantitative estimate of drug-likeness (QED) is 0.222. The van der Waals surface area contributed by atoms with Gasteiger partial charge in [-0.15, -0.1) is 0 Å². The molecule has 0 aliphatic carbocycles. The lowest BCUT2D eigenvalue weighted by atomic mass is 10.1. The van der Waals surface area contributed by atoms with E-state index in [1.807, 2.05) is 29.2 Å². The number of hydrogen-bond acceptors (Lipinski definition) is 6. The number of nitrogens with two attached hydrogens (primary N) is 1. The predicted octanol–water partition coefficient (Wildman–Crippen LogP) is 8.57. The third kappa shape index (κ3) is 7.63. The Labute approximate surface area is 248 Å². The Morgan fingerprint density at radius 3 is 1.43 bits per heavy atom. The summed E-state index contributed by atoms with van der Waals surface area (Å²) in [4.78, 5) is 10.8. The normalized spacial score (nSPS) is 12.4. The molecule has 1 aromatic heterocycles. The van der Waals surface area contributed by atoms with Crippen LogP contribution in [-0.4, -0.2) is 41.0 Å². The summed E-state index contributed by atoms with van der Waals surface area (Å²) in [6, 6.07) is 21.1. The summed E-state index contributed by atoms with van der Waals surface area (Å²) in [7, 11) is 0. The fraction of sp³-hybridized carbons (Fsp3) is 0.394. The predicted molar refractivity (Wildman–Crippen MR) is 170 cm³/mol. The number of pyridine rings is 1. The van der Waals surface area contributed by atoms with Gasteiger partial charge in [0.2, 0.25) is 0 Å². The Morgan fingerprint density at radius 2 is 1.07 bits per heavy atom. The molecule has 0 aliphatic rings. The Kier molecular flexibility index (Phi) is 10.3. The highest BCUT2D eigenvalue weighted by molar-refractivity contribution is 6.06. The fourth-order valence-corrected chi connectivity index (χ4v) is 5.40. The van der Waals surface area contributed by atoms with E-state index in [4.69, 9.17) is 11.1 Å². The van der Waals surface area contributed by atoms with Crippen molar-refractivity contribution in [3.05, 3.63) is 84.3 Å². The van der Waals surface area contributed by atoms with Gasteiger partial charge in [0.25, 0.3) is 0 Å². The molecule has 0 fully saturated rings. The number of nitrogens with zero attached hydrogens (tertiary/aromatic N) is 4. The third-order valence-corrected chi connectivity index (χ3v) is 6.94. The van der Waals surface area contributed by atoms with E-state index in [1.165, 1.54) is 6.20 Å². The van der Waals surface area contributed by atoms with Crippen LogP contribution in [0.25, 0.3) is 0 Å². The standard InChI is InChI=1S/C33H43F3N6/c1-21(2)40(22(3)4)25-9-13-27(14-10-25)42(28-15-11-26(12-16-28)41(23(5)6)24(7)8)29-17-18-39-31(19-29)30(37)20-32(38)33(34,35)36/h9-24,37H,38H2,1-8H3. The first kappa shape index (κ1) is 32.5. The lowest BCUT2D eigenvalue weighted by Crippen LogP contribution is -2.37. The average molecular weight is 581 g/mol. The summed E-state index contributed by atoms with van der Waals surface area (Å²) in [6.07, 6.45) is -2.64. The molecule has 0 aliphatic heterocycles. The van der Waals surface area contributed by atoms with Crippen LogP contribution in [0.3, 0.4) is 0 Å². The highest BCUT2D eigenvalue weighted by Crippen LogP contribution is 2.37. The average Bonchev–Trinajstić information content (AvgIpc) is 2.89. The summed E-state index contributed by atoms with van der Waals surface area (Å²) in [5, 5.41) is 8.25. The van der Waals surface area contributed by atoms with Gasteiger partial charge in [-0.3, -0.25) is 10.4 Å². The maximum atomic E-state index is 13.0. The molecular formula is C33H43F3N6. The molecule has 0 bridgehead atoms. The molecule has 6 nitrogen and oxygen atoms in total. The first-order valence-electron chi connectivity index (χ1n) is 14.3. The lowest BCUT2D eigenvalue weighted by Gasteiger charge is -2.34. The molecule has 0 unspecified atom stereocenters. The number of anilines is 5. The molecule has 0 atom stereocenters. The second-order valence-corrected chi connectivity index (χ2v) is 11.5. The number of aromatic nitrogens is 1. The van der Waals surface area contributed by atoms with Crippen LogP contribution in [0.1, 0.15) is 61.1 Å². The molecule has 0 amide bonds. The number of allylic oxidation sites excluding steroid dienone is 2. The van der Waals surface area contributed by atoms with E-state index in [-0.39, 0.29) is 5.69 Å². The third-order valence-electron chi connectivity index (χ3n) is 6.94. The molecule has 0 saturated carbocycles. The monoisotopic (exact) mass is 580 g/mol. The van der Waals surface area contributed by atoms with Crippen molar-refractivity contribution in [2.24, 2.45) is 5.73 Å². The van der Waals surface area contributed by atoms with Crippen molar-refractivity contribution >= 4 is 34.1 Å². The number of halogens is 3. The zero-order chi connectivity index (χ0) is 31.4. The van der Waals surface area contributed by atoms with E-state index in [1.54, 1.807) is 12.1 Å². The number of rotatable bonds is 11. The van der Waals surface area contributed by atoms with Crippen LogP contribution in [0.2, 0.25) is 0 Å². The minimum absolute atomic E-state index is 0.0783. The maximum Gasteiger partial charge on any atom is 0.430 e. The summed E-state index contributed by atoms with van der Waals surface area (Å²) in [5.41, 5.74) is 8.04. The summed E-state index contributed by atoms with van der Waals surface area (Å²) < 4.78 is 39.1. The topological polar surface area (TPSA) is 72.5 Å². The Bertz CT molecular complexity index is 1280. The van der Waals surface area contributed by atoms with Crippen molar-refractivity contribution in [2.45, 2.75) is 85.7 Å². The van der Waals surface area contributed by atoms with Crippen LogP contribution in [0, 0.1) is 5.41 Å². The van der Waals surface area contributed by atoms with Crippen molar-refractivity contribution in [1.82, 2.24) is 4.98 Å². The molecule has 0 radical (unpaired) electrons. The van der Waals surface area contributed by atoms with Crippen LogP contribution in [0.5, 0.6) is 0 Å². The van der Waals surface area contributed by atoms with Gasteiger partial charge in [-0.1, -0.05) is 0 Å². The van der Waals surface area contributed by atoms with E-state index in [0.717, 1.165) is 22.7 Å². The number of hydrogen-bond donors (Lipinski definition) is 2. The Hall–Kier alpha value is -4.01. The van der Waals surface area contributed by atoms with Gasteiger partial charge in [0, 0.05) is 58.8 Å². The van der Waals surface area contributed by atoms with E-state index in [9.17, 15) is 13.2 Å². The minimum Gasteiger partial charge on any atom is -0.395 e. The van der Waals surface area contributed by atoms with Gasteiger partial charge in [-0.05, 0) is 122 Å². The molecule has 42 heavy (non-hydrogen) atoms. The molecule has 0 spiro atoms. The van der Waals surface area contributed by atoms with Gasteiger partial charge >= 0.3 is 6.18 Å². The van der Waals surface area contributed by atoms with Crippen molar-refractivity contribution in [2.75, 3.05) is 14.7 Å². The number of nitrogens with one attached hydrogen (secondary N) is 1. The zero-order valence-corrected chi connectivity index (χ0v) is 25.7. The Balaban J connectivity index is 2.12. The maximum absolute atomic E-state index is 13.0. The molecule has 3 aromatic rings. The van der Waals surface area contributed by atoms with Crippen LogP contribution < -0.4 is 20.4 Å². The largest absolute Gasteiger partial charge is 0.430 e. The van der Waals surface area contributed by atoms with Crippen molar-refractivity contribution in [3.8, 4) is 0 Å². The summed E-state index contributed by atoms with van der Waals surface area (Å²) >= 11 is 0. The van der Waals surface area contributed by atoms with E-state index < -0.39 is 17.6 Å². The van der Waals surface area contributed by atoms with E-state index in [2.05, 4.69) is 94.4 Å². The van der Waals surface area contributed by atoms with Gasteiger partial charge in [-0.2, -0.15) is 13.2 Å². The van der Waals surface area contributed by atoms with Crippen LogP contribution in [0.4, 0.5) is 41.6 Å². The van der Waals surface area contributed by atoms with Gasteiger partial charge in [0.15, 0.2) is 0 Å². The first-order valence-corrected chi connectivity index (χ1v) is 14.3. The Morgan fingerprint density at radius 1 is 0.690 bits per heavy atom. The van der Waals surface area contributed by atoms with Gasteiger partial charge in [0.1, 0.15) is 5.70 Å². The second-order valence-electron chi connectivity index (χ2n) is 11.5. The molecule has 2 aromatic carbocycles. The van der Waals surface area contributed by atoms with E-state index in [0.29, 0.717) is 35.9 Å². The van der Waals surface area contributed by atoms with Crippen molar-refractivity contribution in [1.29, 1.82) is 5.41 Å². The van der Waals surface area contributed by atoms with Crippen molar-refractivity contribution < 1.29 is 13.2 Å². The molecule has 226 valence electrons. The first-order chi connectivity index (χ1) is 19.6. The molecule has 0 saturated heterocycles. The molecular weight excluding hydrogens is 537 g/mol. The summed E-state index contributed by atoms with van der Waals surface area (Å²) in [6.45, 7) is 17.3. The van der Waals surface area contributed by atoms with E-state index >= 15 is 0 Å². The lowest BCUT2D eigenvalue weighted by molar-refractivity contribution is -0.0925. The molecule has 3 N–H and O–H groups in total. The smallest absolute Gasteiger partial charge is 0.395 e. The van der Waals surface area contributed by atoms with Crippen molar-refractivity contribution in [3.63, 3.8) is 0 Å².